The fourth-order valence-corrected chi connectivity index (χ4v) is 3.31. The summed E-state index contributed by atoms with van der Waals surface area (Å²) >= 11 is 0. The first-order chi connectivity index (χ1) is 13.9. The molecule has 0 bridgehead atoms. The van der Waals surface area contributed by atoms with Gasteiger partial charge in [0.15, 0.2) is 0 Å². The maximum Gasteiger partial charge on any atom is 0.433 e. The molecule has 162 valence electrons. The molecule has 2 aliphatic heterocycles. The number of amides is 1. The molecular weight excluding hydrogens is 393 g/mol. The summed E-state index contributed by atoms with van der Waals surface area (Å²) in [6, 6.07) is 1.99. The van der Waals surface area contributed by atoms with Crippen molar-refractivity contribution in [2.45, 2.75) is 12.3 Å². The van der Waals surface area contributed by atoms with Crippen molar-refractivity contribution in [2.75, 3.05) is 70.6 Å². The minimum atomic E-state index is -4.60. The van der Waals surface area contributed by atoms with Gasteiger partial charge in [-0.1, -0.05) is 0 Å². The second-order valence-corrected chi connectivity index (χ2v) is 6.90. The van der Waals surface area contributed by atoms with Crippen molar-refractivity contribution < 1.29 is 32.5 Å². The number of pyridine rings is 1. The van der Waals surface area contributed by atoms with Crippen LogP contribution in [-0.4, -0.2) is 92.7 Å². The van der Waals surface area contributed by atoms with E-state index < -0.39 is 17.8 Å². The number of hydrogen-bond acceptors (Lipinski definition) is 7. The van der Waals surface area contributed by atoms with E-state index >= 15 is 0 Å². The van der Waals surface area contributed by atoms with Crippen LogP contribution < -0.4 is 10.2 Å². The lowest BCUT2D eigenvalue weighted by Crippen LogP contribution is -2.48. The van der Waals surface area contributed by atoms with E-state index in [4.69, 9.17) is 14.6 Å². The maximum atomic E-state index is 13.2. The Kier molecular flexibility index (Phi) is 7.28. The number of halogens is 3. The van der Waals surface area contributed by atoms with E-state index in [9.17, 15) is 18.0 Å². The fourth-order valence-electron chi connectivity index (χ4n) is 3.31. The number of aliphatic hydroxyl groups excluding tert-OH is 1. The van der Waals surface area contributed by atoms with Crippen LogP contribution in [0.25, 0.3) is 0 Å². The van der Waals surface area contributed by atoms with Crippen molar-refractivity contribution in [3.8, 4) is 0 Å². The molecule has 2 aliphatic rings. The molecule has 11 heteroatoms. The number of hydrogen-bond donors (Lipinski definition) is 2. The Morgan fingerprint density at radius 1 is 1.24 bits per heavy atom. The molecule has 1 atom stereocenters. The van der Waals surface area contributed by atoms with E-state index in [1.54, 1.807) is 4.90 Å². The van der Waals surface area contributed by atoms with Crippen molar-refractivity contribution in [3.63, 3.8) is 0 Å². The van der Waals surface area contributed by atoms with Gasteiger partial charge in [-0.3, -0.25) is 9.69 Å². The molecule has 1 unspecified atom stereocenters. The number of aliphatic hydroxyl groups is 1. The highest BCUT2D eigenvalue weighted by molar-refractivity contribution is 5.99. The molecule has 3 heterocycles. The second-order valence-electron chi connectivity index (χ2n) is 6.90. The molecule has 1 aromatic heterocycles. The molecule has 2 saturated heterocycles. The molecule has 0 spiro atoms. The summed E-state index contributed by atoms with van der Waals surface area (Å²) in [7, 11) is 0. The summed E-state index contributed by atoms with van der Waals surface area (Å²) in [6.07, 6.45) is -4.89. The Morgan fingerprint density at radius 2 is 2.00 bits per heavy atom. The van der Waals surface area contributed by atoms with Crippen LogP contribution in [-0.2, 0) is 15.7 Å². The predicted octanol–water partition coefficient (Wildman–Crippen LogP) is 0.360. The summed E-state index contributed by atoms with van der Waals surface area (Å²) in [5.41, 5.74) is -0.948. The first kappa shape index (κ1) is 21.8. The molecule has 2 fully saturated rings. The van der Waals surface area contributed by atoms with Crippen LogP contribution >= 0.6 is 0 Å². The van der Waals surface area contributed by atoms with E-state index in [-0.39, 0.29) is 30.6 Å². The summed E-state index contributed by atoms with van der Waals surface area (Å²) in [5.74, 6) is -0.491. The fraction of sp³-hybridized carbons (Fsp3) is 0.667. The molecule has 1 aromatic rings. The van der Waals surface area contributed by atoms with Gasteiger partial charge in [-0.05, 0) is 12.1 Å². The number of anilines is 1. The third-order valence-corrected chi connectivity index (χ3v) is 4.87. The third-order valence-electron chi connectivity index (χ3n) is 4.87. The Morgan fingerprint density at radius 3 is 2.62 bits per heavy atom. The zero-order valence-electron chi connectivity index (χ0n) is 16.0. The lowest BCUT2D eigenvalue weighted by molar-refractivity contribution is -0.141. The highest BCUT2D eigenvalue weighted by Crippen LogP contribution is 2.31. The number of β-amino-alcohol motifs (C(OH)–C–C–N with tert-alkyl or cyclic N) is 1. The Bertz CT molecular complexity index is 690. The van der Waals surface area contributed by atoms with E-state index in [0.29, 0.717) is 52.5 Å². The van der Waals surface area contributed by atoms with Gasteiger partial charge in [0, 0.05) is 39.3 Å². The predicted molar refractivity (Wildman–Crippen MR) is 97.9 cm³/mol. The largest absolute Gasteiger partial charge is 0.433 e. The van der Waals surface area contributed by atoms with Gasteiger partial charge in [-0.2, -0.15) is 13.2 Å². The van der Waals surface area contributed by atoms with E-state index in [0.717, 1.165) is 6.07 Å². The zero-order valence-corrected chi connectivity index (χ0v) is 16.0. The maximum absolute atomic E-state index is 13.2. The molecule has 0 aromatic carbocycles. The van der Waals surface area contributed by atoms with Crippen LogP contribution in [0.3, 0.4) is 0 Å². The third kappa shape index (κ3) is 5.78. The summed E-state index contributed by atoms with van der Waals surface area (Å²) in [4.78, 5) is 20.1. The van der Waals surface area contributed by atoms with Gasteiger partial charge in [0.05, 0.1) is 38.1 Å². The molecule has 1 amide bonds. The quantitative estimate of drug-likeness (QED) is 0.690. The van der Waals surface area contributed by atoms with Gasteiger partial charge in [0.25, 0.3) is 5.91 Å². The number of nitrogens with zero attached hydrogens (tertiary/aromatic N) is 3. The van der Waals surface area contributed by atoms with E-state index in [1.165, 1.54) is 6.07 Å². The molecule has 3 rings (SSSR count). The number of carbonyl (C=O) groups is 1. The van der Waals surface area contributed by atoms with Crippen LogP contribution in [0.15, 0.2) is 12.1 Å². The van der Waals surface area contributed by atoms with E-state index in [2.05, 4.69) is 10.3 Å². The average Bonchev–Trinajstić information content (AvgIpc) is 2.72. The van der Waals surface area contributed by atoms with Crippen molar-refractivity contribution in [2.24, 2.45) is 0 Å². The number of rotatable bonds is 6. The minimum absolute atomic E-state index is 0.0155. The van der Waals surface area contributed by atoms with Crippen molar-refractivity contribution in [1.29, 1.82) is 0 Å². The Balaban J connectivity index is 1.75. The second kappa shape index (κ2) is 9.70. The number of carbonyl (C=O) groups excluding carboxylic acids is 1. The molecule has 0 aliphatic carbocycles. The summed E-state index contributed by atoms with van der Waals surface area (Å²) < 4.78 is 50.3. The average molecular weight is 418 g/mol. The Labute approximate surface area is 166 Å². The molecular formula is C18H25F3N4O4. The zero-order chi connectivity index (χ0) is 20.9. The van der Waals surface area contributed by atoms with E-state index in [1.807, 2.05) is 4.90 Å². The SMILES string of the molecule is O=C(NCC1COCCO1)c1ccc(C(F)(F)F)nc1N1CCN(CCO)CC1. The van der Waals surface area contributed by atoms with Crippen LogP contribution in [0.5, 0.6) is 0 Å². The first-order valence-electron chi connectivity index (χ1n) is 9.52. The number of nitrogens with one attached hydrogen (secondary N) is 1. The van der Waals surface area contributed by atoms with Gasteiger partial charge in [0.2, 0.25) is 0 Å². The van der Waals surface area contributed by atoms with Crippen molar-refractivity contribution in [3.05, 3.63) is 23.4 Å². The Hall–Kier alpha value is -1.95. The molecule has 0 radical (unpaired) electrons. The normalized spacial score (nSPS) is 21.2. The molecule has 8 nitrogen and oxygen atoms in total. The topological polar surface area (TPSA) is 87.2 Å². The smallest absolute Gasteiger partial charge is 0.395 e. The van der Waals surface area contributed by atoms with Crippen LogP contribution in [0, 0.1) is 0 Å². The van der Waals surface area contributed by atoms with Gasteiger partial charge in [0.1, 0.15) is 11.5 Å². The summed E-state index contributed by atoms with van der Waals surface area (Å²) in [5, 5.41) is 11.7. The highest BCUT2D eigenvalue weighted by atomic mass is 19.4. The van der Waals surface area contributed by atoms with Gasteiger partial charge < -0.3 is 24.8 Å². The van der Waals surface area contributed by atoms with Gasteiger partial charge in [-0.15, -0.1) is 0 Å². The molecule has 0 saturated carbocycles. The summed E-state index contributed by atoms with van der Waals surface area (Å²) in [6.45, 7) is 3.95. The first-order valence-corrected chi connectivity index (χ1v) is 9.52. The monoisotopic (exact) mass is 418 g/mol. The highest BCUT2D eigenvalue weighted by Gasteiger charge is 2.35. The lowest BCUT2D eigenvalue weighted by atomic mass is 10.1. The van der Waals surface area contributed by atoms with Crippen molar-refractivity contribution >= 4 is 11.7 Å². The number of piperazine rings is 1. The number of aromatic nitrogens is 1. The molecule has 2 N–H and O–H groups in total. The minimum Gasteiger partial charge on any atom is -0.395 e. The van der Waals surface area contributed by atoms with Gasteiger partial charge >= 0.3 is 6.18 Å². The van der Waals surface area contributed by atoms with Crippen LogP contribution in [0.4, 0.5) is 19.0 Å². The van der Waals surface area contributed by atoms with Crippen LogP contribution in [0.1, 0.15) is 16.1 Å². The standard InChI is InChI=1S/C18H25F3N4O4/c19-18(20,21)15-2-1-14(17(27)22-11-13-12-28-9-10-29-13)16(23-15)25-5-3-24(4-6-25)7-8-26/h1-2,13,26H,3-12H2,(H,22,27). The number of alkyl halides is 3. The van der Waals surface area contributed by atoms with Crippen molar-refractivity contribution in [1.82, 2.24) is 15.2 Å². The lowest BCUT2D eigenvalue weighted by Gasteiger charge is -2.36. The number of ether oxygens (including phenoxy) is 2. The molecule has 29 heavy (non-hydrogen) atoms. The van der Waals surface area contributed by atoms with Gasteiger partial charge in [-0.25, -0.2) is 4.98 Å². The van der Waals surface area contributed by atoms with Crippen LogP contribution in [0.2, 0.25) is 0 Å².